The van der Waals surface area contributed by atoms with E-state index in [2.05, 4.69) is 5.73 Å². The highest BCUT2D eigenvalue weighted by Crippen LogP contribution is 2.62. The molecule has 12 nitrogen and oxygen atoms in total. The number of carboxylic acid groups (broad SMARTS) is 1. The van der Waals surface area contributed by atoms with Gasteiger partial charge in [-0.15, -0.1) is 0 Å². The van der Waals surface area contributed by atoms with E-state index in [0.29, 0.717) is 72.0 Å². The van der Waals surface area contributed by atoms with E-state index in [-0.39, 0.29) is 70.0 Å². The van der Waals surface area contributed by atoms with Crippen molar-refractivity contribution in [2.75, 3.05) is 0 Å². The van der Waals surface area contributed by atoms with Crippen LogP contribution < -0.4 is 41.1 Å². The zero-order valence-electron chi connectivity index (χ0n) is 33.5. The van der Waals surface area contributed by atoms with Gasteiger partial charge in [0.1, 0.15) is 11.6 Å². The average molecular weight is 812 g/mol. The zero-order chi connectivity index (χ0) is 39.7. The van der Waals surface area contributed by atoms with Crippen LogP contribution in [0.5, 0.6) is 0 Å². The molecule has 13 heteroatoms. The van der Waals surface area contributed by atoms with Crippen LogP contribution >= 0.6 is 0 Å². The van der Waals surface area contributed by atoms with Gasteiger partial charge < -0.3 is 46.2 Å². The molecule has 0 spiro atoms. The molecule has 16 aliphatic rings. The van der Waals surface area contributed by atoms with Crippen molar-refractivity contribution in [2.24, 2.45) is 116 Å². The Morgan fingerprint density at radius 1 is 0.474 bits per heavy atom. The second-order valence-electron chi connectivity index (χ2n) is 22.2. The molecule has 0 heterocycles. The minimum absolute atomic E-state index is 0. The van der Waals surface area contributed by atoms with E-state index >= 15 is 0 Å². The lowest BCUT2D eigenvalue weighted by molar-refractivity contribution is -0.465. The Morgan fingerprint density at radius 2 is 0.754 bits per heavy atom. The molecule has 0 radical (unpaired) electrons. The SMILES string of the molecule is NC(=O)C12CC3CC(C1)C(=O)C(C3)C2.NC(=O)C12CC3CC(C1)C(N)C(C3)C2.NC(=O)C12CC3CC(C1)C([NH3+])C(C3)C2.O=C1C2CC3CC1CC(C(=O)O)(C3)C2.[Cl-]. The van der Waals surface area contributed by atoms with Crippen molar-refractivity contribution in [3.63, 3.8) is 0 Å². The molecule has 57 heavy (non-hydrogen) atoms. The molecular formula is C44H66ClN5O7. The lowest BCUT2D eigenvalue weighted by atomic mass is 9.48. The van der Waals surface area contributed by atoms with Crippen molar-refractivity contribution < 1.29 is 52.0 Å². The van der Waals surface area contributed by atoms with Crippen molar-refractivity contribution >= 4 is 35.3 Å². The summed E-state index contributed by atoms with van der Waals surface area (Å²) in [5.41, 5.74) is 26.0. The number of carbonyl (C=O) groups is 6. The van der Waals surface area contributed by atoms with Crippen LogP contribution in [-0.2, 0) is 28.8 Å². The highest BCUT2D eigenvalue weighted by Gasteiger charge is 2.61. The summed E-state index contributed by atoms with van der Waals surface area (Å²) >= 11 is 0. The van der Waals surface area contributed by atoms with Gasteiger partial charge in [-0.2, -0.15) is 0 Å². The first-order valence-corrected chi connectivity index (χ1v) is 22.2. The van der Waals surface area contributed by atoms with Gasteiger partial charge in [0.05, 0.1) is 22.3 Å². The minimum atomic E-state index is -0.663. The van der Waals surface area contributed by atoms with Crippen molar-refractivity contribution in [3.05, 3.63) is 0 Å². The predicted molar refractivity (Wildman–Crippen MR) is 204 cm³/mol. The summed E-state index contributed by atoms with van der Waals surface area (Å²) in [6.45, 7) is 0. The lowest BCUT2D eigenvalue weighted by Gasteiger charge is -2.58. The fourth-order valence-corrected chi connectivity index (χ4v) is 16.9. The van der Waals surface area contributed by atoms with Crippen LogP contribution in [-0.4, -0.2) is 52.4 Å². The Morgan fingerprint density at radius 3 is 1.11 bits per heavy atom. The molecule has 0 aromatic rings. The topological polar surface area (TPSA) is 254 Å². The number of halogens is 1. The summed E-state index contributed by atoms with van der Waals surface area (Å²) in [6, 6.07) is 0.943. The number of Topliss-reactive ketones (excluding diaryl/α,β-unsaturated/α-hetero) is 2. The van der Waals surface area contributed by atoms with Gasteiger partial charge in [0.25, 0.3) is 0 Å². The van der Waals surface area contributed by atoms with Crippen LogP contribution in [0.25, 0.3) is 0 Å². The fraction of sp³-hybridized carbons (Fsp3) is 0.864. The second kappa shape index (κ2) is 14.3. The van der Waals surface area contributed by atoms with Crippen LogP contribution in [0.15, 0.2) is 0 Å². The summed E-state index contributed by atoms with van der Waals surface area (Å²) in [5.74, 6) is 5.48. The smallest absolute Gasteiger partial charge is 0.309 e. The number of carboxylic acids is 1. The van der Waals surface area contributed by atoms with Gasteiger partial charge in [-0.1, -0.05) is 0 Å². The molecule has 0 saturated heterocycles. The van der Waals surface area contributed by atoms with Crippen molar-refractivity contribution in [3.8, 4) is 0 Å². The van der Waals surface area contributed by atoms with E-state index in [1.165, 1.54) is 25.7 Å². The van der Waals surface area contributed by atoms with E-state index in [1.54, 1.807) is 0 Å². The quantitative estimate of drug-likeness (QED) is 0.223. The summed E-state index contributed by atoms with van der Waals surface area (Å²) < 4.78 is 0. The molecule has 0 aromatic heterocycles. The lowest BCUT2D eigenvalue weighted by Crippen LogP contribution is -3.00. The molecule has 8 atom stereocenters. The van der Waals surface area contributed by atoms with Gasteiger partial charge in [-0.3, -0.25) is 28.8 Å². The van der Waals surface area contributed by atoms with Crippen LogP contribution in [0.3, 0.4) is 0 Å². The van der Waals surface area contributed by atoms with Gasteiger partial charge in [-0.25, -0.2) is 0 Å². The first-order valence-electron chi connectivity index (χ1n) is 22.2. The van der Waals surface area contributed by atoms with Crippen LogP contribution in [0.1, 0.15) is 128 Å². The Bertz CT molecular complexity index is 1530. The Hall–Kier alpha value is -2.57. The third-order valence-electron chi connectivity index (χ3n) is 18.8. The molecule has 8 unspecified atom stereocenters. The molecule has 12 N–H and O–H groups in total. The highest BCUT2D eigenvalue weighted by atomic mass is 35.5. The number of rotatable bonds is 4. The van der Waals surface area contributed by atoms with Gasteiger partial charge in [0.2, 0.25) is 17.7 Å². The zero-order valence-corrected chi connectivity index (χ0v) is 34.3. The number of aliphatic carboxylic acids is 1. The maximum atomic E-state index is 11.8. The largest absolute Gasteiger partial charge is 1.00 e. The molecule has 0 aromatic carbocycles. The molecule has 0 aliphatic heterocycles. The van der Waals surface area contributed by atoms with Gasteiger partial charge >= 0.3 is 5.97 Å². The van der Waals surface area contributed by atoms with Crippen molar-refractivity contribution in [1.82, 2.24) is 0 Å². The average Bonchev–Trinajstić information content (AvgIpc) is 3.13. The number of carbonyl (C=O) groups excluding carboxylic acids is 5. The maximum absolute atomic E-state index is 11.8. The van der Waals surface area contributed by atoms with Crippen molar-refractivity contribution in [1.29, 1.82) is 0 Å². The van der Waals surface area contributed by atoms with Gasteiger partial charge in [-0.05, 0) is 164 Å². The van der Waals surface area contributed by atoms with Crippen LogP contribution in [0.2, 0.25) is 0 Å². The Labute approximate surface area is 342 Å². The number of quaternary nitrogens is 1. The fourth-order valence-electron chi connectivity index (χ4n) is 16.9. The monoisotopic (exact) mass is 811 g/mol. The number of nitrogens with two attached hydrogens (primary N) is 4. The number of hydrogen-bond donors (Lipinski definition) is 6. The molecular weight excluding hydrogens is 746 g/mol. The Kier molecular flexibility index (Phi) is 10.3. The summed E-state index contributed by atoms with van der Waals surface area (Å²) in [6.07, 6.45) is 19.7. The third kappa shape index (κ3) is 6.68. The molecule has 16 fully saturated rings. The first kappa shape index (κ1) is 41.2. The van der Waals surface area contributed by atoms with E-state index in [9.17, 15) is 33.9 Å². The number of primary amides is 3. The normalized spacial score (nSPS) is 51.4. The minimum Gasteiger partial charge on any atom is -1.00 e. The predicted octanol–water partition coefficient (Wildman–Crippen LogP) is -0.129. The maximum Gasteiger partial charge on any atom is 0.309 e. The van der Waals surface area contributed by atoms with Gasteiger partial charge in [0, 0.05) is 47.0 Å². The summed E-state index contributed by atoms with van der Waals surface area (Å²) in [7, 11) is 0. The molecule has 16 saturated carbocycles. The third-order valence-corrected chi connectivity index (χ3v) is 18.8. The molecule has 16 rings (SSSR count). The first-order chi connectivity index (χ1) is 26.4. The Balaban J connectivity index is 0.000000106. The molecule has 16 bridgehead atoms. The number of amides is 3. The van der Waals surface area contributed by atoms with Crippen LogP contribution in [0, 0.1) is 92.7 Å². The van der Waals surface area contributed by atoms with Gasteiger partial charge in [0.15, 0.2) is 0 Å². The highest BCUT2D eigenvalue weighted by molar-refractivity contribution is 5.91. The van der Waals surface area contributed by atoms with E-state index in [1.807, 2.05) is 0 Å². The molecule has 16 aliphatic carbocycles. The number of hydrogen-bond acceptors (Lipinski definition) is 7. The van der Waals surface area contributed by atoms with E-state index in [4.69, 9.17) is 22.9 Å². The summed E-state index contributed by atoms with van der Waals surface area (Å²) in [5, 5.41) is 9.25. The second-order valence-corrected chi connectivity index (χ2v) is 22.2. The number of ketones is 2. The summed E-state index contributed by atoms with van der Waals surface area (Å²) in [4.78, 5) is 69.4. The van der Waals surface area contributed by atoms with E-state index in [0.717, 1.165) is 102 Å². The van der Waals surface area contributed by atoms with Crippen LogP contribution in [0.4, 0.5) is 0 Å². The molecule has 3 amide bonds. The van der Waals surface area contributed by atoms with Crippen molar-refractivity contribution in [2.45, 2.75) is 141 Å². The molecule has 316 valence electrons. The standard InChI is InChI=1S/2C11H18N2O.C11H15NO2.C11H14O3.ClH/c2*12-9-7-1-6-2-8(9)5-11(3-6,4-7)10(13)14;12-10(14)11-3-6-1-7(4-11)9(13)8(2-6)5-11;12-9-7-1-6-2-8(9)5-11(3-6,4-7)10(13)14;/h2*6-9H,1-5,12H2,(H2,13,14);6-8H,1-5H2,(H2,12,14);6-8H,1-5H2,(H,13,14);1H. The van der Waals surface area contributed by atoms with E-state index < -0.39 is 11.4 Å².